The Labute approximate surface area is 197 Å². The van der Waals surface area contributed by atoms with Crippen molar-refractivity contribution in [1.82, 2.24) is 0 Å². The van der Waals surface area contributed by atoms with Crippen LogP contribution in [-0.4, -0.2) is 18.5 Å². The van der Waals surface area contributed by atoms with Crippen molar-refractivity contribution in [2.24, 2.45) is 0 Å². The van der Waals surface area contributed by atoms with E-state index in [1.165, 1.54) is 31.8 Å². The van der Waals surface area contributed by atoms with Crippen molar-refractivity contribution in [3.05, 3.63) is 60.2 Å². The third kappa shape index (κ3) is 11.4. The summed E-state index contributed by atoms with van der Waals surface area (Å²) in [5.41, 5.74) is 0.882. The van der Waals surface area contributed by atoms with E-state index >= 15 is 0 Å². The monoisotopic (exact) mass is 452 g/mol. The van der Waals surface area contributed by atoms with Crippen LogP contribution in [0.5, 0.6) is 17.2 Å². The number of ether oxygens (including phenoxy) is 3. The molecule has 0 fully saturated rings. The summed E-state index contributed by atoms with van der Waals surface area (Å²) >= 11 is 0. The van der Waals surface area contributed by atoms with Gasteiger partial charge in [-0.2, -0.15) is 0 Å². The minimum atomic E-state index is -0.480. The Morgan fingerprint density at radius 2 is 1.27 bits per heavy atom. The summed E-state index contributed by atoms with van der Waals surface area (Å²) in [6.07, 6.45) is 12.4. The van der Waals surface area contributed by atoms with Crippen molar-refractivity contribution in [1.29, 1.82) is 0 Å². The lowest BCUT2D eigenvalue weighted by molar-refractivity contribution is -0.134. The van der Waals surface area contributed by atoms with Gasteiger partial charge in [0.1, 0.15) is 17.2 Å². The summed E-state index contributed by atoms with van der Waals surface area (Å²) in [6.45, 7) is 5.02. The van der Waals surface area contributed by atoms with Gasteiger partial charge in [0.15, 0.2) is 0 Å². The Bertz CT molecular complexity index is 853. The van der Waals surface area contributed by atoms with Crippen molar-refractivity contribution in [3.8, 4) is 17.2 Å². The number of unbranched alkanes of at least 4 members (excludes halogenated alkanes) is 6. The minimum absolute atomic E-state index is 0.250. The molecule has 0 heterocycles. The molecule has 2 aromatic carbocycles. The zero-order valence-electron chi connectivity index (χ0n) is 19.9. The quantitative estimate of drug-likeness (QED) is 0.124. The molecule has 0 aliphatic carbocycles. The molecule has 0 saturated heterocycles. The van der Waals surface area contributed by atoms with Crippen LogP contribution >= 0.6 is 0 Å². The molecule has 0 atom stereocenters. The Balaban J connectivity index is 1.72. The molecule has 2 rings (SSSR count). The first-order chi connectivity index (χ1) is 16.1. The average molecular weight is 453 g/mol. The van der Waals surface area contributed by atoms with Crippen LogP contribution in [0.25, 0.3) is 6.08 Å². The molecule has 0 aromatic heterocycles. The van der Waals surface area contributed by atoms with Gasteiger partial charge < -0.3 is 14.2 Å². The first kappa shape index (κ1) is 26.2. The summed E-state index contributed by atoms with van der Waals surface area (Å²) in [7, 11) is 0. The highest BCUT2D eigenvalue weighted by molar-refractivity contribution is 5.88. The molecule has 0 bridgehead atoms. The van der Waals surface area contributed by atoms with Crippen molar-refractivity contribution in [2.45, 2.75) is 71.6 Å². The number of hydrogen-bond donors (Lipinski definition) is 0. The molecule has 0 aliphatic rings. The molecule has 5 heteroatoms. The number of benzene rings is 2. The fourth-order valence-corrected chi connectivity index (χ4v) is 3.16. The Morgan fingerprint density at radius 1 is 0.697 bits per heavy atom. The largest absolute Gasteiger partial charge is 0.494 e. The first-order valence-corrected chi connectivity index (χ1v) is 12.0. The van der Waals surface area contributed by atoms with Gasteiger partial charge >= 0.3 is 11.9 Å². The molecule has 33 heavy (non-hydrogen) atoms. The maximum Gasteiger partial charge on any atom is 0.336 e. The molecular weight excluding hydrogens is 416 g/mol. The molecule has 0 radical (unpaired) electrons. The highest BCUT2D eigenvalue weighted by Gasteiger charge is 2.06. The van der Waals surface area contributed by atoms with E-state index in [1.807, 2.05) is 24.3 Å². The summed E-state index contributed by atoms with van der Waals surface area (Å²) in [4.78, 5) is 23.9. The summed E-state index contributed by atoms with van der Waals surface area (Å²) < 4.78 is 16.3. The van der Waals surface area contributed by atoms with Crippen LogP contribution in [0.3, 0.4) is 0 Å². The molecule has 2 aromatic rings. The average Bonchev–Trinajstić information content (AvgIpc) is 2.82. The third-order valence-corrected chi connectivity index (χ3v) is 5.07. The zero-order valence-corrected chi connectivity index (χ0v) is 19.9. The maximum absolute atomic E-state index is 12.1. The number of carbonyl (C=O) groups excluding carboxylic acids is 2. The summed E-state index contributed by atoms with van der Waals surface area (Å²) in [5.74, 6) is 0.927. The number of hydrogen-bond acceptors (Lipinski definition) is 5. The lowest BCUT2D eigenvalue weighted by atomic mass is 10.2. The van der Waals surface area contributed by atoms with Crippen LogP contribution in [-0.2, 0) is 9.59 Å². The van der Waals surface area contributed by atoms with E-state index in [0.717, 1.165) is 43.6 Å². The topological polar surface area (TPSA) is 61.8 Å². The fraction of sp³-hybridized carbons (Fsp3) is 0.429. The van der Waals surface area contributed by atoms with E-state index < -0.39 is 5.97 Å². The van der Waals surface area contributed by atoms with Gasteiger partial charge in [-0.3, -0.25) is 4.79 Å². The second kappa shape index (κ2) is 15.7. The van der Waals surface area contributed by atoms with E-state index in [1.54, 1.807) is 30.3 Å². The van der Waals surface area contributed by atoms with Gasteiger partial charge in [0.25, 0.3) is 0 Å². The standard InChI is InChI=1S/C28H36O5/c1-3-5-7-8-10-22-31-24-15-12-23(13-16-24)14-21-28(30)33-26-19-17-25(18-20-26)32-27(29)11-9-6-4-2/h12-21H,3-11,22H2,1-2H3/b21-14+. The van der Waals surface area contributed by atoms with E-state index in [2.05, 4.69) is 13.8 Å². The lowest BCUT2D eigenvalue weighted by Gasteiger charge is -2.06. The molecule has 0 unspecified atom stereocenters. The van der Waals surface area contributed by atoms with Crippen LogP contribution in [0.4, 0.5) is 0 Å². The molecule has 5 nitrogen and oxygen atoms in total. The predicted octanol–water partition coefficient (Wildman–Crippen LogP) is 7.14. The summed E-state index contributed by atoms with van der Waals surface area (Å²) in [5, 5.41) is 0. The van der Waals surface area contributed by atoms with E-state index in [0.29, 0.717) is 17.9 Å². The van der Waals surface area contributed by atoms with Crippen molar-refractivity contribution in [2.75, 3.05) is 6.61 Å². The SMILES string of the molecule is CCCCCCCOc1ccc(/C=C/C(=O)Oc2ccc(OC(=O)CCCCC)cc2)cc1. The fourth-order valence-electron chi connectivity index (χ4n) is 3.16. The molecule has 0 amide bonds. The highest BCUT2D eigenvalue weighted by Crippen LogP contribution is 2.19. The Hall–Kier alpha value is -3.08. The van der Waals surface area contributed by atoms with Crippen LogP contribution in [0.15, 0.2) is 54.6 Å². The van der Waals surface area contributed by atoms with Gasteiger partial charge in [-0.25, -0.2) is 4.79 Å². The van der Waals surface area contributed by atoms with Gasteiger partial charge in [0.05, 0.1) is 6.61 Å². The molecular formula is C28H36O5. The van der Waals surface area contributed by atoms with Gasteiger partial charge in [-0.15, -0.1) is 0 Å². The number of rotatable bonds is 15. The first-order valence-electron chi connectivity index (χ1n) is 12.0. The molecule has 0 saturated carbocycles. The zero-order chi connectivity index (χ0) is 23.7. The third-order valence-electron chi connectivity index (χ3n) is 5.07. The Morgan fingerprint density at radius 3 is 1.94 bits per heavy atom. The molecule has 0 aliphatic heterocycles. The number of carbonyl (C=O) groups is 2. The second-order valence-electron chi connectivity index (χ2n) is 7.99. The summed E-state index contributed by atoms with van der Waals surface area (Å²) in [6, 6.07) is 14.1. The number of esters is 2. The van der Waals surface area contributed by atoms with Crippen LogP contribution in [0.2, 0.25) is 0 Å². The van der Waals surface area contributed by atoms with E-state index in [-0.39, 0.29) is 5.97 Å². The molecule has 0 spiro atoms. The molecule has 178 valence electrons. The second-order valence-corrected chi connectivity index (χ2v) is 7.99. The van der Waals surface area contributed by atoms with Crippen LogP contribution < -0.4 is 14.2 Å². The Kier molecular flexibility index (Phi) is 12.4. The van der Waals surface area contributed by atoms with Crippen molar-refractivity contribution < 1.29 is 23.8 Å². The minimum Gasteiger partial charge on any atom is -0.494 e. The van der Waals surface area contributed by atoms with Gasteiger partial charge in [-0.1, -0.05) is 64.5 Å². The van der Waals surface area contributed by atoms with Crippen molar-refractivity contribution in [3.63, 3.8) is 0 Å². The van der Waals surface area contributed by atoms with Crippen LogP contribution in [0, 0.1) is 0 Å². The van der Waals surface area contributed by atoms with E-state index in [4.69, 9.17) is 14.2 Å². The predicted molar refractivity (Wildman–Crippen MR) is 132 cm³/mol. The van der Waals surface area contributed by atoms with Crippen LogP contribution in [0.1, 0.15) is 77.2 Å². The maximum atomic E-state index is 12.1. The van der Waals surface area contributed by atoms with E-state index in [9.17, 15) is 9.59 Å². The van der Waals surface area contributed by atoms with Gasteiger partial charge in [0, 0.05) is 12.5 Å². The van der Waals surface area contributed by atoms with Gasteiger partial charge in [0.2, 0.25) is 0 Å². The van der Waals surface area contributed by atoms with Gasteiger partial charge in [-0.05, 0) is 60.9 Å². The highest BCUT2D eigenvalue weighted by atomic mass is 16.5. The molecule has 0 N–H and O–H groups in total. The normalized spacial score (nSPS) is 10.8. The van der Waals surface area contributed by atoms with Crippen molar-refractivity contribution >= 4 is 18.0 Å². The lowest BCUT2D eigenvalue weighted by Crippen LogP contribution is -2.07. The smallest absolute Gasteiger partial charge is 0.336 e.